The van der Waals surface area contributed by atoms with Crippen molar-refractivity contribution in [2.75, 3.05) is 0 Å². The van der Waals surface area contributed by atoms with Gasteiger partial charge in [0.05, 0.1) is 0 Å². The zero-order valence-electron chi connectivity index (χ0n) is 17.8. The van der Waals surface area contributed by atoms with E-state index in [0.29, 0.717) is 24.1 Å². The lowest BCUT2D eigenvalue weighted by atomic mass is 10.0. The van der Waals surface area contributed by atoms with Gasteiger partial charge in [0.25, 0.3) is 0 Å². The number of halogens is 1. The molecule has 6 heteroatoms. The second-order valence-electron chi connectivity index (χ2n) is 8.06. The van der Waals surface area contributed by atoms with Crippen molar-refractivity contribution in [2.24, 2.45) is 0 Å². The van der Waals surface area contributed by atoms with E-state index in [1.807, 2.05) is 36.4 Å². The predicted octanol–water partition coefficient (Wildman–Crippen LogP) is 6.00. The Bertz CT molecular complexity index is 1370. The Hall–Kier alpha value is -3.23. The molecule has 3 aromatic carbocycles. The van der Waals surface area contributed by atoms with Crippen molar-refractivity contribution in [3.05, 3.63) is 105 Å². The molecule has 0 spiro atoms. The monoisotopic (exact) mass is 547 g/mol. The third kappa shape index (κ3) is 4.62. The van der Waals surface area contributed by atoms with Gasteiger partial charge in [0.2, 0.25) is 0 Å². The number of benzene rings is 3. The van der Waals surface area contributed by atoms with Gasteiger partial charge < -0.3 is 10.2 Å². The van der Waals surface area contributed by atoms with Gasteiger partial charge in [0, 0.05) is 46.4 Å². The Morgan fingerprint density at radius 2 is 1.24 bits per heavy atom. The van der Waals surface area contributed by atoms with Crippen LogP contribution in [0.4, 0.5) is 0 Å². The summed E-state index contributed by atoms with van der Waals surface area (Å²) < 4.78 is 1.20. The SMILES string of the molecule is Oc1ccc(CN(Cc2cccc(I)c2)Cc2ccc(O)c3ncccc23)c2cccnc12. The number of aromatic hydroxyl groups is 2. The van der Waals surface area contributed by atoms with Gasteiger partial charge in [0.15, 0.2) is 0 Å². The first kappa shape index (κ1) is 21.6. The summed E-state index contributed by atoms with van der Waals surface area (Å²) in [6, 6.07) is 23.7. The molecular weight excluding hydrogens is 525 g/mol. The van der Waals surface area contributed by atoms with E-state index in [2.05, 4.69) is 61.7 Å². The largest absolute Gasteiger partial charge is 0.506 e. The van der Waals surface area contributed by atoms with Crippen LogP contribution in [0.2, 0.25) is 0 Å². The van der Waals surface area contributed by atoms with Crippen LogP contribution in [0.1, 0.15) is 16.7 Å². The number of rotatable bonds is 6. The fourth-order valence-electron chi connectivity index (χ4n) is 4.25. The Morgan fingerprint density at radius 3 is 1.79 bits per heavy atom. The number of pyridine rings is 2. The van der Waals surface area contributed by atoms with Crippen LogP contribution in [-0.2, 0) is 19.6 Å². The highest BCUT2D eigenvalue weighted by atomic mass is 127. The van der Waals surface area contributed by atoms with Crippen molar-refractivity contribution in [1.82, 2.24) is 14.9 Å². The summed E-state index contributed by atoms with van der Waals surface area (Å²) in [5, 5.41) is 22.4. The average molecular weight is 547 g/mol. The minimum absolute atomic E-state index is 0.189. The van der Waals surface area contributed by atoms with E-state index in [9.17, 15) is 10.2 Å². The van der Waals surface area contributed by atoms with Gasteiger partial charge in [-0.2, -0.15) is 0 Å². The molecule has 0 aliphatic heterocycles. The lowest BCUT2D eigenvalue weighted by molar-refractivity contribution is 0.249. The summed E-state index contributed by atoms with van der Waals surface area (Å²) in [6.07, 6.45) is 3.40. The van der Waals surface area contributed by atoms with E-state index in [4.69, 9.17) is 0 Å². The molecule has 0 saturated carbocycles. The van der Waals surface area contributed by atoms with Gasteiger partial charge in [-0.3, -0.25) is 14.9 Å². The zero-order chi connectivity index (χ0) is 22.8. The molecule has 5 aromatic rings. The summed E-state index contributed by atoms with van der Waals surface area (Å²) >= 11 is 2.34. The maximum atomic E-state index is 10.3. The first-order valence-corrected chi connectivity index (χ1v) is 11.7. The summed E-state index contributed by atoms with van der Waals surface area (Å²) in [4.78, 5) is 11.1. The minimum Gasteiger partial charge on any atom is -0.506 e. The fraction of sp³-hybridized carbons (Fsp3) is 0.111. The molecule has 33 heavy (non-hydrogen) atoms. The van der Waals surface area contributed by atoms with Gasteiger partial charge in [-0.15, -0.1) is 0 Å². The van der Waals surface area contributed by atoms with Crippen molar-refractivity contribution >= 4 is 44.4 Å². The molecule has 2 N–H and O–H groups in total. The second-order valence-corrected chi connectivity index (χ2v) is 9.31. The van der Waals surface area contributed by atoms with Crippen LogP contribution in [0.5, 0.6) is 11.5 Å². The average Bonchev–Trinajstić information content (AvgIpc) is 2.83. The molecular formula is C27H22IN3O2. The number of phenolic OH excluding ortho intramolecular Hbond substituents is 2. The summed E-state index contributed by atoms with van der Waals surface area (Å²) in [5.74, 6) is 0.378. The highest BCUT2D eigenvalue weighted by Crippen LogP contribution is 2.30. The molecule has 0 unspecified atom stereocenters. The maximum absolute atomic E-state index is 10.3. The molecule has 0 fully saturated rings. The Kier molecular flexibility index (Phi) is 6.11. The molecule has 0 bridgehead atoms. The van der Waals surface area contributed by atoms with E-state index in [-0.39, 0.29) is 11.5 Å². The van der Waals surface area contributed by atoms with E-state index in [0.717, 1.165) is 28.4 Å². The normalized spacial score (nSPS) is 11.5. The Balaban J connectivity index is 1.55. The van der Waals surface area contributed by atoms with E-state index >= 15 is 0 Å². The van der Waals surface area contributed by atoms with E-state index in [1.54, 1.807) is 24.5 Å². The third-order valence-corrected chi connectivity index (χ3v) is 6.43. The lowest BCUT2D eigenvalue weighted by Gasteiger charge is -2.24. The van der Waals surface area contributed by atoms with Gasteiger partial charge in [-0.1, -0.05) is 36.4 Å². The van der Waals surface area contributed by atoms with Crippen LogP contribution in [0, 0.1) is 3.57 Å². The molecule has 5 nitrogen and oxygen atoms in total. The van der Waals surface area contributed by atoms with Crippen molar-refractivity contribution in [1.29, 1.82) is 0 Å². The quantitative estimate of drug-likeness (QED) is 0.255. The fourth-order valence-corrected chi connectivity index (χ4v) is 4.86. The van der Waals surface area contributed by atoms with Crippen molar-refractivity contribution in [3.63, 3.8) is 0 Å². The van der Waals surface area contributed by atoms with Gasteiger partial charge in [0.1, 0.15) is 22.5 Å². The number of fused-ring (bicyclic) bond motifs is 2. The van der Waals surface area contributed by atoms with Crippen molar-refractivity contribution in [2.45, 2.75) is 19.6 Å². The molecule has 0 aliphatic carbocycles. The molecule has 0 aliphatic rings. The van der Waals surface area contributed by atoms with E-state index in [1.165, 1.54) is 9.13 Å². The van der Waals surface area contributed by atoms with E-state index < -0.39 is 0 Å². The topological polar surface area (TPSA) is 69.5 Å². The van der Waals surface area contributed by atoms with Gasteiger partial charge >= 0.3 is 0 Å². The maximum Gasteiger partial charge on any atom is 0.141 e. The lowest BCUT2D eigenvalue weighted by Crippen LogP contribution is -2.23. The summed E-state index contributed by atoms with van der Waals surface area (Å²) in [7, 11) is 0. The minimum atomic E-state index is 0.189. The summed E-state index contributed by atoms with van der Waals surface area (Å²) in [5.41, 5.74) is 4.65. The molecule has 0 amide bonds. The van der Waals surface area contributed by atoms with Gasteiger partial charge in [-0.05, 0) is 75.7 Å². The van der Waals surface area contributed by atoms with Crippen LogP contribution in [-0.4, -0.2) is 25.1 Å². The van der Waals surface area contributed by atoms with Crippen LogP contribution in [0.25, 0.3) is 21.8 Å². The Labute approximate surface area is 205 Å². The molecule has 0 saturated heterocycles. The third-order valence-electron chi connectivity index (χ3n) is 5.76. The predicted molar refractivity (Wildman–Crippen MR) is 139 cm³/mol. The van der Waals surface area contributed by atoms with Crippen molar-refractivity contribution in [3.8, 4) is 11.5 Å². The standard InChI is InChI=1S/C27H22IN3O2/c28-21-5-1-4-18(14-21)15-31(16-19-8-10-24(32)26-22(19)6-2-12-29-26)17-20-9-11-25(33)27-23(20)7-3-13-30-27/h1-14,32-33H,15-17H2. The van der Waals surface area contributed by atoms with Crippen LogP contribution < -0.4 is 0 Å². The van der Waals surface area contributed by atoms with Crippen LogP contribution in [0.15, 0.2) is 85.2 Å². The number of phenols is 2. The molecule has 2 heterocycles. The second kappa shape index (κ2) is 9.33. The highest BCUT2D eigenvalue weighted by Gasteiger charge is 2.15. The molecule has 5 rings (SSSR count). The number of hydrogen-bond acceptors (Lipinski definition) is 5. The highest BCUT2D eigenvalue weighted by molar-refractivity contribution is 14.1. The molecule has 0 atom stereocenters. The smallest absolute Gasteiger partial charge is 0.141 e. The number of nitrogens with zero attached hydrogens (tertiary/aromatic N) is 3. The van der Waals surface area contributed by atoms with Crippen LogP contribution >= 0.6 is 22.6 Å². The number of hydrogen-bond donors (Lipinski definition) is 2. The number of aromatic nitrogens is 2. The van der Waals surface area contributed by atoms with Crippen molar-refractivity contribution < 1.29 is 10.2 Å². The Morgan fingerprint density at radius 1 is 0.667 bits per heavy atom. The first-order valence-electron chi connectivity index (χ1n) is 10.7. The van der Waals surface area contributed by atoms with Gasteiger partial charge in [-0.25, -0.2) is 0 Å². The summed E-state index contributed by atoms with van der Waals surface area (Å²) in [6.45, 7) is 2.11. The molecule has 164 valence electrons. The first-order chi connectivity index (χ1) is 16.1. The molecule has 0 radical (unpaired) electrons. The zero-order valence-corrected chi connectivity index (χ0v) is 20.0. The molecule has 2 aromatic heterocycles. The van der Waals surface area contributed by atoms with Crippen LogP contribution in [0.3, 0.4) is 0 Å².